The van der Waals surface area contributed by atoms with Crippen LogP contribution in [0.2, 0.25) is 0 Å². The summed E-state index contributed by atoms with van der Waals surface area (Å²) < 4.78 is 1.24. The van der Waals surface area contributed by atoms with Gasteiger partial charge >= 0.3 is 0 Å². The van der Waals surface area contributed by atoms with E-state index in [0.29, 0.717) is 5.92 Å². The lowest BCUT2D eigenvalue weighted by Crippen LogP contribution is -2.25. The quantitative estimate of drug-likeness (QED) is 0.846. The minimum atomic E-state index is 0.248. The minimum absolute atomic E-state index is 0.248. The molecule has 1 aromatic rings. The lowest BCUT2D eigenvalue weighted by molar-refractivity contribution is 0.249. The fourth-order valence-corrected chi connectivity index (χ4v) is 4.35. The van der Waals surface area contributed by atoms with Crippen LogP contribution in [0.1, 0.15) is 49.1 Å². The van der Waals surface area contributed by atoms with Crippen LogP contribution in [0.4, 0.5) is 0 Å². The highest BCUT2D eigenvalue weighted by Crippen LogP contribution is 2.39. The van der Waals surface area contributed by atoms with Crippen LogP contribution in [0.5, 0.6) is 0 Å². The third-order valence-corrected chi connectivity index (χ3v) is 5.93. The highest BCUT2D eigenvalue weighted by molar-refractivity contribution is 9.11. The van der Waals surface area contributed by atoms with Gasteiger partial charge in [0.1, 0.15) is 0 Å². The van der Waals surface area contributed by atoms with E-state index in [1.165, 1.54) is 39.9 Å². The molecule has 0 aromatic carbocycles. The molecule has 1 fully saturated rings. The van der Waals surface area contributed by atoms with Gasteiger partial charge in [0.15, 0.2) is 0 Å². The van der Waals surface area contributed by atoms with Gasteiger partial charge in [0.2, 0.25) is 0 Å². The SMILES string of the molecule is Cc1cc(C(N)C2CCCC(C)C2)sc1Br. The highest BCUT2D eigenvalue weighted by atomic mass is 79.9. The Morgan fingerprint density at radius 2 is 2.25 bits per heavy atom. The summed E-state index contributed by atoms with van der Waals surface area (Å²) in [4.78, 5) is 1.35. The summed E-state index contributed by atoms with van der Waals surface area (Å²) in [5.74, 6) is 1.54. The van der Waals surface area contributed by atoms with E-state index >= 15 is 0 Å². The molecule has 1 nitrogen and oxygen atoms in total. The second-order valence-corrected chi connectivity index (χ2v) is 7.56. The van der Waals surface area contributed by atoms with Gasteiger partial charge in [-0.2, -0.15) is 0 Å². The minimum Gasteiger partial charge on any atom is -0.323 e. The highest BCUT2D eigenvalue weighted by Gasteiger charge is 2.26. The molecule has 0 saturated heterocycles. The monoisotopic (exact) mass is 301 g/mol. The topological polar surface area (TPSA) is 26.0 Å². The number of halogens is 1. The maximum atomic E-state index is 6.40. The van der Waals surface area contributed by atoms with Crippen LogP contribution in [0, 0.1) is 18.8 Å². The molecule has 3 atom stereocenters. The molecule has 2 rings (SSSR count). The van der Waals surface area contributed by atoms with E-state index in [0.717, 1.165) is 5.92 Å². The van der Waals surface area contributed by atoms with Gasteiger partial charge in [0.25, 0.3) is 0 Å². The summed E-state index contributed by atoms with van der Waals surface area (Å²) in [7, 11) is 0. The van der Waals surface area contributed by atoms with E-state index in [1.54, 1.807) is 0 Å². The van der Waals surface area contributed by atoms with Gasteiger partial charge in [0.05, 0.1) is 3.79 Å². The summed E-state index contributed by atoms with van der Waals surface area (Å²) in [6.45, 7) is 4.49. The molecule has 0 radical (unpaired) electrons. The number of aryl methyl sites for hydroxylation is 1. The largest absolute Gasteiger partial charge is 0.323 e. The molecule has 3 heteroatoms. The molecule has 0 bridgehead atoms. The first-order chi connectivity index (χ1) is 7.58. The second-order valence-electron chi connectivity index (χ2n) is 5.16. The van der Waals surface area contributed by atoms with Gasteiger partial charge in [-0.1, -0.05) is 19.8 Å². The van der Waals surface area contributed by atoms with Gasteiger partial charge in [0, 0.05) is 10.9 Å². The Kier molecular flexibility index (Phi) is 4.09. The molecule has 1 aliphatic carbocycles. The predicted molar refractivity (Wildman–Crippen MR) is 74.8 cm³/mol. The molecule has 3 unspecified atom stereocenters. The number of nitrogens with two attached hydrogens (primary N) is 1. The predicted octanol–water partition coefficient (Wildman–Crippen LogP) is 4.65. The Hall–Kier alpha value is 0.140. The van der Waals surface area contributed by atoms with Crippen LogP contribution in [-0.2, 0) is 0 Å². The van der Waals surface area contributed by atoms with Crippen molar-refractivity contribution in [1.29, 1.82) is 0 Å². The fourth-order valence-electron chi connectivity index (χ4n) is 2.69. The molecule has 1 saturated carbocycles. The maximum absolute atomic E-state index is 6.40. The second kappa shape index (κ2) is 5.19. The third-order valence-electron chi connectivity index (χ3n) is 3.69. The number of rotatable bonds is 2. The van der Waals surface area contributed by atoms with Crippen LogP contribution in [0.15, 0.2) is 9.85 Å². The first-order valence-electron chi connectivity index (χ1n) is 6.09. The van der Waals surface area contributed by atoms with Crippen molar-refractivity contribution < 1.29 is 0 Å². The van der Waals surface area contributed by atoms with Crippen molar-refractivity contribution in [3.05, 3.63) is 20.3 Å². The van der Waals surface area contributed by atoms with Crippen molar-refractivity contribution in [2.45, 2.75) is 45.6 Å². The first-order valence-corrected chi connectivity index (χ1v) is 7.70. The first kappa shape index (κ1) is 12.6. The van der Waals surface area contributed by atoms with Crippen LogP contribution >= 0.6 is 27.3 Å². The van der Waals surface area contributed by atoms with Gasteiger partial charge in [-0.25, -0.2) is 0 Å². The molecule has 1 heterocycles. The van der Waals surface area contributed by atoms with E-state index < -0.39 is 0 Å². The van der Waals surface area contributed by atoms with Crippen LogP contribution in [0.3, 0.4) is 0 Å². The Morgan fingerprint density at radius 1 is 1.50 bits per heavy atom. The standard InChI is InChI=1S/C13H20BrNS/c1-8-4-3-5-10(6-8)12(15)11-7-9(2)13(14)16-11/h7-8,10,12H,3-6,15H2,1-2H3. The van der Waals surface area contributed by atoms with Gasteiger partial charge in [-0.15, -0.1) is 11.3 Å². The molecule has 16 heavy (non-hydrogen) atoms. The van der Waals surface area contributed by atoms with Crippen molar-refractivity contribution in [3.8, 4) is 0 Å². The summed E-state index contributed by atoms with van der Waals surface area (Å²) in [6, 6.07) is 2.50. The van der Waals surface area contributed by atoms with E-state index in [2.05, 4.69) is 35.8 Å². The lowest BCUT2D eigenvalue weighted by atomic mass is 9.78. The van der Waals surface area contributed by atoms with Gasteiger partial charge in [-0.3, -0.25) is 0 Å². The molecule has 1 aliphatic rings. The molecule has 0 aliphatic heterocycles. The molecule has 90 valence electrons. The Labute approximate surface area is 111 Å². The molecule has 0 spiro atoms. The van der Waals surface area contributed by atoms with Crippen molar-refractivity contribution in [3.63, 3.8) is 0 Å². The number of hydrogen-bond acceptors (Lipinski definition) is 2. The fraction of sp³-hybridized carbons (Fsp3) is 0.692. The van der Waals surface area contributed by atoms with Crippen molar-refractivity contribution in [1.82, 2.24) is 0 Å². The number of hydrogen-bond donors (Lipinski definition) is 1. The van der Waals surface area contributed by atoms with Crippen LogP contribution in [-0.4, -0.2) is 0 Å². The molecular weight excluding hydrogens is 282 g/mol. The summed E-state index contributed by atoms with van der Waals surface area (Å²) in [6.07, 6.45) is 5.34. The summed E-state index contributed by atoms with van der Waals surface area (Å²) in [5.41, 5.74) is 7.72. The van der Waals surface area contributed by atoms with Gasteiger partial charge < -0.3 is 5.73 Å². The van der Waals surface area contributed by atoms with E-state index in [4.69, 9.17) is 5.73 Å². The number of thiophene rings is 1. The third kappa shape index (κ3) is 2.69. The Morgan fingerprint density at radius 3 is 2.81 bits per heavy atom. The van der Waals surface area contributed by atoms with Crippen molar-refractivity contribution >= 4 is 27.3 Å². The Balaban J connectivity index is 2.08. The average Bonchev–Trinajstić information content (AvgIpc) is 2.58. The molecule has 2 N–H and O–H groups in total. The molecular formula is C13H20BrNS. The summed E-state index contributed by atoms with van der Waals surface area (Å²) >= 11 is 5.39. The smallest absolute Gasteiger partial charge is 0.0731 e. The zero-order valence-corrected chi connectivity index (χ0v) is 12.4. The lowest BCUT2D eigenvalue weighted by Gasteiger charge is -2.30. The zero-order chi connectivity index (χ0) is 11.7. The average molecular weight is 302 g/mol. The van der Waals surface area contributed by atoms with E-state index in [1.807, 2.05) is 11.3 Å². The van der Waals surface area contributed by atoms with Crippen LogP contribution < -0.4 is 5.73 Å². The Bertz CT molecular complexity index is 341. The van der Waals surface area contributed by atoms with Crippen molar-refractivity contribution in [2.24, 2.45) is 17.6 Å². The van der Waals surface area contributed by atoms with E-state index in [-0.39, 0.29) is 6.04 Å². The normalized spacial score (nSPS) is 28.0. The van der Waals surface area contributed by atoms with E-state index in [9.17, 15) is 0 Å². The van der Waals surface area contributed by atoms with Crippen LogP contribution in [0.25, 0.3) is 0 Å². The molecule has 0 amide bonds. The maximum Gasteiger partial charge on any atom is 0.0731 e. The zero-order valence-electron chi connectivity index (χ0n) is 10.0. The molecule has 1 aromatic heterocycles. The van der Waals surface area contributed by atoms with Crippen molar-refractivity contribution in [2.75, 3.05) is 0 Å². The summed E-state index contributed by atoms with van der Waals surface area (Å²) in [5, 5.41) is 0. The van der Waals surface area contributed by atoms with Gasteiger partial charge in [-0.05, 0) is 59.2 Å².